The third-order valence-corrected chi connectivity index (χ3v) is 1.59. The Morgan fingerprint density at radius 2 is 2.17 bits per heavy atom. The van der Waals surface area contributed by atoms with Crippen LogP contribution in [-0.4, -0.2) is 32.9 Å². The van der Waals surface area contributed by atoms with E-state index in [0.29, 0.717) is 0 Å². The molecule has 0 saturated heterocycles. The topological polar surface area (TPSA) is 96.4 Å². The average Bonchev–Trinajstić information content (AvgIpc) is 2.48. The van der Waals surface area contributed by atoms with Crippen LogP contribution in [0.2, 0.25) is 0 Å². The van der Waals surface area contributed by atoms with Gasteiger partial charge in [-0.3, -0.25) is 9.78 Å². The van der Waals surface area contributed by atoms with Gasteiger partial charge in [-0.1, -0.05) is 5.21 Å². The molecule has 0 aliphatic rings. The van der Waals surface area contributed by atoms with Crippen molar-refractivity contribution in [2.24, 2.45) is 0 Å². The molecule has 2 heterocycles. The fraction of sp³-hybridized carbons (Fsp3) is 0. The van der Waals surface area contributed by atoms with Crippen LogP contribution < -0.4 is 11.2 Å². The fourth-order valence-electron chi connectivity index (χ4n) is 0.907. The second-order valence-corrected chi connectivity index (χ2v) is 2.33. The quantitative estimate of drug-likeness (QED) is 0.412. The van der Waals surface area contributed by atoms with E-state index in [4.69, 9.17) is 0 Å². The number of nitrogens with one attached hydrogen (secondary N) is 2. The average molecular weight is 165 g/mol. The zero-order valence-electron chi connectivity index (χ0n) is 6.16. The molecule has 2 aromatic heterocycles. The summed E-state index contributed by atoms with van der Waals surface area (Å²) in [7, 11) is 1.37. The lowest BCUT2D eigenvalue weighted by Gasteiger charge is -1.92. The van der Waals surface area contributed by atoms with E-state index in [1.54, 1.807) is 0 Å². The molecule has 0 saturated carbocycles. The van der Waals surface area contributed by atoms with Gasteiger partial charge in [-0.05, 0) is 0 Å². The Balaban J connectivity index is 3.16. The van der Waals surface area contributed by atoms with Gasteiger partial charge in [-0.25, -0.2) is 9.89 Å². The van der Waals surface area contributed by atoms with Crippen molar-refractivity contribution in [3.05, 3.63) is 20.8 Å². The molecule has 0 aliphatic carbocycles. The van der Waals surface area contributed by atoms with E-state index in [9.17, 15) is 9.59 Å². The number of aromatic amines is 2. The molecule has 60 valence electrons. The van der Waals surface area contributed by atoms with Crippen molar-refractivity contribution in [2.75, 3.05) is 0 Å². The summed E-state index contributed by atoms with van der Waals surface area (Å²) in [6.45, 7) is 0. The first kappa shape index (κ1) is 6.83. The van der Waals surface area contributed by atoms with Gasteiger partial charge in [0.05, 0.1) is 0 Å². The number of hydrogen-bond acceptors (Lipinski definition) is 4. The standard InChI is InChI=1S/C4H4BN5O2/c5-10-3(11)1-2(6-4(10)12)8-9-7-1/h5H2,(H2,6,7,8,9,12). The van der Waals surface area contributed by atoms with Gasteiger partial charge in [0.1, 0.15) is 0 Å². The van der Waals surface area contributed by atoms with Crippen LogP contribution in [0.5, 0.6) is 0 Å². The van der Waals surface area contributed by atoms with Crippen molar-refractivity contribution >= 4 is 19.1 Å². The second-order valence-electron chi connectivity index (χ2n) is 2.33. The van der Waals surface area contributed by atoms with Gasteiger partial charge in [-0.2, -0.15) is 0 Å². The summed E-state index contributed by atoms with van der Waals surface area (Å²) >= 11 is 0. The van der Waals surface area contributed by atoms with E-state index in [-0.39, 0.29) is 11.2 Å². The molecule has 0 atom stereocenters. The Morgan fingerprint density at radius 3 is 2.92 bits per heavy atom. The molecule has 0 aliphatic heterocycles. The van der Waals surface area contributed by atoms with Gasteiger partial charge >= 0.3 is 5.69 Å². The fourth-order valence-corrected chi connectivity index (χ4v) is 0.907. The molecule has 8 heteroatoms. The Labute approximate surface area is 65.8 Å². The summed E-state index contributed by atoms with van der Waals surface area (Å²) in [4.78, 5) is 24.6. The molecule has 0 spiro atoms. The Morgan fingerprint density at radius 1 is 1.42 bits per heavy atom. The first-order chi connectivity index (χ1) is 5.70. The van der Waals surface area contributed by atoms with Crippen LogP contribution in [0.25, 0.3) is 11.2 Å². The molecule has 7 nitrogen and oxygen atoms in total. The first-order valence-electron chi connectivity index (χ1n) is 3.20. The predicted molar refractivity (Wildman–Crippen MR) is 42.7 cm³/mol. The van der Waals surface area contributed by atoms with Gasteiger partial charge in [0.25, 0.3) is 5.56 Å². The number of hydrogen-bond donors (Lipinski definition) is 2. The molecule has 0 aromatic carbocycles. The zero-order valence-corrected chi connectivity index (χ0v) is 6.16. The van der Waals surface area contributed by atoms with Gasteiger partial charge in [0.15, 0.2) is 11.2 Å². The van der Waals surface area contributed by atoms with Gasteiger partial charge < -0.3 is 4.48 Å². The summed E-state index contributed by atoms with van der Waals surface area (Å²) in [5.74, 6) is 0. The maximum atomic E-state index is 11.2. The largest absolute Gasteiger partial charge is 0.317 e. The molecule has 0 radical (unpaired) electrons. The van der Waals surface area contributed by atoms with Crippen LogP contribution in [0.15, 0.2) is 9.59 Å². The monoisotopic (exact) mass is 165 g/mol. The van der Waals surface area contributed by atoms with Gasteiger partial charge in [-0.15, -0.1) is 5.10 Å². The molecule has 0 fully saturated rings. The molecule has 0 amide bonds. The minimum absolute atomic E-state index is 0.136. The van der Waals surface area contributed by atoms with Crippen LogP contribution in [0.3, 0.4) is 0 Å². The third kappa shape index (κ3) is 0.713. The Bertz CT molecular complexity index is 536. The number of rotatable bonds is 0. The minimum Gasteiger partial charge on any atom is -0.313 e. The lowest BCUT2D eigenvalue weighted by molar-refractivity contribution is 0.953. The lowest BCUT2D eigenvalue weighted by atomic mass is 10.4. The van der Waals surface area contributed by atoms with Crippen LogP contribution in [-0.2, 0) is 0 Å². The van der Waals surface area contributed by atoms with Crippen molar-refractivity contribution in [3.63, 3.8) is 0 Å². The minimum atomic E-state index is -0.487. The van der Waals surface area contributed by atoms with E-state index >= 15 is 0 Å². The highest BCUT2D eigenvalue weighted by atomic mass is 16.2. The summed E-state index contributed by atoms with van der Waals surface area (Å²) < 4.78 is 0.935. The van der Waals surface area contributed by atoms with E-state index < -0.39 is 11.2 Å². The first-order valence-corrected chi connectivity index (χ1v) is 3.20. The van der Waals surface area contributed by atoms with E-state index in [1.165, 1.54) is 7.98 Å². The smallest absolute Gasteiger partial charge is 0.313 e. The van der Waals surface area contributed by atoms with Gasteiger partial charge in [0.2, 0.25) is 7.98 Å². The van der Waals surface area contributed by atoms with Crippen LogP contribution in [0.1, 0.15) is 0 Å². The van der Waals surface area contributed by atoms with E-state index in [1.807, 2.05) is 0 Å². The number of fused-ring (bicyclic) bond motifs is 1. The SMILES string of the molecule is Bn1c(=O)[nH]c2[nH]nnc2c1=O. The summed E-state index contributed by atoms with van der Waals surface area (Å²) in [6, 6.07) is 0. The zero-order chi connectivity index (χ0) is 8.72. The molecule has 2 N–H and O–H groups in total. The third-order valence-electron chi connectivity index (χ3n) is 1.59. The van der Waals surface area contributed by atoms with E-state index in [2.05, 4.69) is 20.4 Å². The van der Waals surface area contributed by atoms with Crippen molar-refractivity contribution < 1.29 is 0 Å². The van der Waals surface area contributed by atoms with Crippen molar-refractivity contribution in [1.29, 1.82) is 0 Å². The molecule has 0 bridgehead atoms. The Hall–Kier alpha value is -1.86. The highest BCUT2D eigenvalue weighted by Crippen LogP contribution is 1.90. The lowest BCUT2D eigenvalue weighted by Crippen LogP contribution is -2.33. The molecule has 2 rings (SSSR count). The predicted octanol–water partition coefficient (Wildman–Crippen LogP) is -2.80. The summed E-state index contributed by atoms with van der Waals surface area (Å²) in [5, 5.41) is 9.30. The van der Waals surface area contributed by atoms with Crippen molar-refractivity contribution in [3.8, 4) is 0 Å². The summed E-state index contributed by atoms with van der Waals surface area (Å²) in [6.07, 6.45) is 0. The molecule has 2 aromatic rings. The second kappa shape index (κ2) is 2.06. The van der Waals surface area contributed by atoms with Crippen LogP contribution in [0, 0.1) is 0 Å². The summed E-state index contributed by atoms with van der Waals surface area (Å²) in [5.41, 5.74) is -0.554. The molecular weight excluding hydrogens is 161 g/mol. The molecule has 12 heavy (non-hydrogen) atoms. The molecular formula is C4H4BN5O2. The highest BCUT2D eigenvalue weighted by molar-refractivity contribution is 6.06. The number of aromatic nitrogens is 5. The van der Waals surface area contributed by atoms with Crippen LogP contribution >= 0.6 is 0 Å². The highest BCUT2D eigenvalue weighted by Gasteiger charge is 2.05. The van der Waals surface area contributed by atoms with Crippen molar-refractivity contribution in [1.82, 2.24) is 24.9 Å². The maximum Gasteiger partial charge on any atom is 0.317 e. The normalized spacial score (nSPS) is 10.7. The van der Waals surface area contributed by atoms with Gasteiger partial charge in [0, 0.05) is 0 Å². The van der Waals surface area contributed by atoms with Crippen LogP contribution in [0.4, 0.5) is 0 Å². The number of H-pyrrole nitrogens is 2. The molecule has 0 unspecified atom stereocenters. The van der Waals surface area contributed by atoms with Crippen molar-refractivity contribution in [2.45, 2.75) is 0 Å². The Kier molecular flexibility index (Phi) is 1.17. The maximum absolute atomic E-state index is 11.2. The van der Waals surface area contributed by atoms with E-state index in [0.717, 1.165) is 4.48 Å². The number of nitrogens with zero attached hydrogens (tertiary/aromatic N) is 3.